The molecular formula is C21H24FN5O3. The Morgan fingerprint density at radius 3 is 2.63 bits per heavy atom. The van der Waals surface area contributed by atoms with E-state index in [1.165, 1.54) is 33.8 Å². The van der Waals surface area contributed by atoms with Crippen LogP contribution in [0.3, 0.4) is 0 Å². The van der Waals surface area contributed by atoms with Gasteiger partial charge < -0.3 is 10.2 Å². The van der Waals surface area contributed by atoms with E-state index in [1.54, 1.807) is 4.90 Å². The molecule has 8 nitrogen and oxygen atoms in total. The predicted molar refractivity (Wildman–Crippen MR) is 108 cm³/mol. The second-order valence-electron chi connectivity index (χ2n) is 7.67. The number of nitrogens with zero attached hydrogens (tertiary/aromatic N) is 4. The van der Waals surface area contributed by atoms with Gasteiger partial charge in [-0.15, -0.1) is 5.10 Å². The number of rotatable bonds is 7. The summed E-state index contributed by atoms with van der Waals surface area (Å²) in [4.78, 5) is 40.1. The molecule has 30 heavy (non-hydrogen) atoms. The standard InChI is InChI=1S/C21H24FN5O3/c1-2-3-10-23-21(30)25-11-17-18(12-25)27(20(29)14-4-5-14)24-19(17)26(13-28)16-8-6-15(22)7-9-16/h6-9,13-14H,2-5,10-12H2,1H3,(H,23,30). The van der Waals surface area contributed by atoms with Gasteiger partial charge in [-0.25, -0.2) is 13.9 Å². The summed E-state index contributed by atoms with van der Waals surface area (Å²) in [5, 5.41) is 7.32. The molecule has 2 heterocycles. The summed E-state index contributed by atoms with van der Waals surface area (Å²) in [5.41, 5.74) is 1.72. The minimum atomic E-state index is -0.417. The number of aromatic nitrogens is 2. The van der Waals surface area contributed by atoms with Gasteiger partial charge in [-0.2, -0.15) is 0 Å². The lowest BCUT2D eigenvalue weighted by Crippen LogP contribution is -2.37. The first kappa shape index (κ1) is 20.1. The van der Waals surface area contributed by atoms with E-state index >= 15 is 0 Å². The lowest BCUT2D eigenvalue weighted by molar-refractivity contribution is -0.106. The van der Waals surface area contributed by atoms with E-state index in [4.69, 9.17) is 0 Å². The van der Waals surface area contributed by atoms with Crippen LogP contribution in [0, 0.1) is 11.7 Å². The van der Waals surface area contributed by atoms with Crippen molar-refractivity contribution in [1.82, 2.24) is 20.0 Å². The fourth-order valence-electron chi connectivity index (χ4n) is 3.57. The number of amides is 3. The highest BCUT2D eigenvalue weighted by molar-refractivity contribution is 5.90. The number of hydrogen-bond donors (Lipinski definition) is 1. The first-order valence-electron chi connectivity index (χ1n) is 10.2. The summed E-state index contributed by atoms with van der Waals surface area (Å²) in [5.74, 6) is -0.302. The molecule has 158 valence electrons. The Labute approximate surface area is 173 Å². The maximum Gasteiger partial charge on any atom is 0.318 e. The third-order valence-electron chi connectivity index (χ3n) is 5.43. The third-order valence-corrected chi connectivity index (χ3v) is 5.43. The Hall–Kier alpha value is -3.23. The first-order valence-corrected chi connectivity index (χ1v) is 10.2. The van der Waals surface area contributed by atoms with E-state index in [9.17, 15) is 18.8 Å². The fourth-order valence-corrected chi connectivity index (χ4v) is 3.57. The maximum atomic E-state index is 13.3. The van der Waals surface area contributed by atoms with E-state index in [0.717, 1.165) is 25.7 Å². The topological polar surface area (TPSA) is 87.5 Å². The molecule has 1 fully saturated rings. The Kier molecular flexibility index (Phi) is 5.52. The van der Waals surface area contributed by atoms with Gasteiger partial charge in [-0.1, -0.05) is 13.3 Å². The van der Waals surface area contributed by atoms with Crippen LogP contribution in [-0.2, 0) is 17.9 Å². The van der Waals surface area contributed by atoms with Crippen LogP contribution in [0.4, 0.5) is 20.7 Å². The van der Waals surface area contributed by atoms with Crippen LogP contribution >= 0.6 is 0 Å². The molecule has 1 aliphatic heterocycles. The molecule has 4 rings (SSSR count). The second-order valence-corrected chi connectivity index (χ2v) is 7.67. The second kappa shape index (κ2) is 8.25. The van der Waals surface area contributed by atoms with Gasteiger partial charge in [0.15, 0.2) is 5.82 Å². The van der Waals surface area contributed by atoms with E-state index in [2.05, 4.69) is 10.4 Å². The number of nitrogens with one attached hydrogen (secondary N) is 1. The number of benzene rings is 1. The van der Waals surface area contributed by atoms with Crippen LogP contribution in [0.5, 0.6) is 0 Å². The van der Waals surface area contributed by atoms with Crippen molar-refractivity contribution in [3.8, 4) is 0 Å². The van der Waals surface area contributed by atoms with Gasteiger partial charge in [0.2, 0.25) is 12.3 Å². The predicted octanol–water partition coefficient (Wildman–Crippen LogP) is 3.19. The molecule has 9 heteroatoms. The van der Waals surface area contributed by atoms with E-state index < -0.39 is 5.82 Å². The van der Waals surface area contributed by atoms with E-state index in [0.29, 0.717) is 35.7 Å². The highest BCUT2D eigenvalue weighted by Crippen LogP contribution is 2.37. The largest absolute Gasteiger partial charge is 0.338 e. The average Bonchev–Trinajstić information content (AvgIpc) is 3.41. The monoisotopic (exact) mass is 413 g/mol. The highest BCUT2D eigenvalue weighted by Gasteiger charge is 2.38. The average molecular weight is 413 g/mol. The Balaban J connectivity index is 1.66. The number of unbranched alkanes of at least 4 members (excludes halogenated alkanes) is 1. The molecule has 0 radical (unpaired) electrons. The molecule has 0 saturated heterocycles. The molecule has 0 bridgehead atoms. The summed E-state index contributed by atoms with van der Waals surface area (Å²) in [6.07, 6.45) is 4.08. The number of carbonyl (C=O) groups is 3. The summed E-state index contributed by atoms with van der Waals surface area (Å²) in [7, 11) is 0. The van der Waals surface area contributed by atoms with Crippen LogP contribution in [0.25, 0.3) is 0 Å². The van der Waals surface area contributed by atoms with Crippen molar-refractivity contribution in [2.75, 3.05) is 11.4 Å². The minimum absolute atomic E-state index is 0.0650. The summed E-state index contributed by atoms with van der Waals surface area (Å²) in [6, 6.07) is 5.25. The lowest BCUT2D eigenvalue weighted by atomic mass is 10.2. The van der Waals surface area contributed by atoms with Crippen molar-refractivity contribution in [3.05, 3.63) is 41.3 Å². The van der Waals surface area contributed by atoms with E-state index in [-0.39, 0.29) is 30.9 Å². The smallest absolute Gasteiger partial charge is 0.318 e. The normalized spacial score (nSPS) is 15.1. The first-order chi connectivity index (χ1) is 14.5. The number of hydrogen-bond acceptors (Lipinski definition) is 4. The Bertz CT molecular complexity index is 968. The van der Waals surface area contributed by atoms with Gasteiger partial charge in [0.05, 0.1) is 24.5 Å². The maximum absolute atomic E-state index is 13.3. The fraction of sp³-hybridized carbons (Fsp3) is 0.429. The van der Waals surface area contributed by atoms with Crippen molar-refractivity contribution >= 4 is 29.9 Å². The lowest BCUT2D eigenvalue weighted by Gasteiger charge is -2.19. The Morgan fingerprint density at radius 2 is 2.00 bits per heavy atom. The van der Waals surface area contributed by atoms with Gasteiger partial charge in [-0.3, -0.25) is 14.5 Å². The molecule has 1 aromatic carbocycles. The van der Waals surface area contributed by atoms with Crippen LogP contribution in [0.1, 0.15) is 48.7 Å². The van der Waals surface area contributed by atoms with E-state index in [1.807, 2.05) is 6.92 Å². The zero-order valence-electron chi connectivity index (χ0n) is 16.8. The van der Waals surface area contributed by atoms with Gasteiger partial charge in [0.25, 0.3) is 0 Å². The number of halogens is 1. The zero-order valence-corrected chi connectivity index (χ0v) is 16.8. The van der Waals surface area contributed by atoms with Crippen LogP contribution in [0.2, 0.25) is 0 Å². The van der Waals surface area contributed by atoms with Crippen LogP contribution in [0.15, 0.2) is 24.3 Å². The molecule has 2 aliphatic rings. The van der Waals surface area contributed by atoms with Gasteiger partial charge in [0.1, 0.15) is 5.82 Å². The number of carbonyl (C=O) groups excluding carboxylic acids is 3. The molecular weight excluding hydrogens is 389 g/mol. The van der Waals surface area contributed by atoms with Crippen LogP contribution in [-0.4, -0.2) is 39.6 Å². The molecule has 1 N–H and O–H groups in total. The molecule has 1 saturated carbocycles. The summed E-state index contributed by atoms with van der Waals surface area (Å²) >= 11 is 0. The Morgan fingerprint density at radius 1 is 1.27 bits per heavy atom. The molecule has 3 amide bonds. The molecule has 1 aliphatic carbocycles. The van der Waals surface area contributed by atoms with Gasteiger partial charge in [0, 0.05) is 18.0 Å². The highest BCUT2D eigenvalue weighted by atomic mass is 19.1. The SMILES string of the molecule is CCCCNC(=O)N1Cc2c(N(C=O)c3ccc(F)cc3)nn(C(=O)C3CC3)c2C1. The van der Waals surface area contributed by atoms with Crippen molar-refractivity contribution < 1.29 is 18.8 Å². The molecule has 2 aromatic rings. The van der Waals surface area contributed by atoms with Gasteiger partial charge in [-0.05, 0) is 43.5 Å². The van der Waals surface area contributed by atoms with Crippen molar-refractivity contribution in [1.29, 1.82) is 0 Å². The molecule has 0 spiro atoms. The number of fused-ring (bicyclic) bond motifs is 1. The summed E-state index contributed by atoms with van der Waals surface area (Å²) < 4.78 is 14.7. The van der Waals surface area contributed by atoms with Crippen molar-refractivity contribution in [2.45, 2.75) is 45.7 Å². The number of anilines is 2. The van der Waals surface area contributed by atoms with Crippen molar-refractivity contribution in [3.63, 3.8) is 0 Å². The third kappa shape index (κ3) is 3.79. The molecule has 1 aromatic heterocycles. The summed E-state index contributed by atoms with van der Waals surface area (Å²) in [6.45, 7) is 3.12. The van der Waals surface area contributed by atoms with Crippen LogP contribution < -0.4 is 10.2 Å². The molecule has 0 unspecified atom stereocenters. The minimum Gasteiger partial charge on any atom is -0.338 e. The molecule has 0 atom stereocenters. The quantitative estimate of drug-likeness (QED) is 0.558. The van der Waals surface area contributed by atoms with Crippen molar-refractivity contribution in [2.24, 2.45) is 5.92 Å². The zero-order chi connectivity index (χ0) is 21.3. The number of urea groups is 1. The van der Waals surface area contributed by atoms with Gasteiger partial charge >= 0.3 is 6.03 Å².